The first-order valence-electron chi connectivity index (χ1n) is 8.36. The molecule has 10 heteroatoms. The van der Waals surface area contributed by atoms with Gasteiger partial charge < -0.3 is 14.8 Å². The van der Waals surface area contributed by atoms with Gasteiger partial charge in [0.15, 0.2) is 11.5 Å². The van der Waals surface area contributed by atoms with Gasteiger partial charge in [-0.05, 0) is 36.8 Å². The summed E-state index contributed by atoms with van der Waals surface area (Å²) >= 11 is 5.68. The van der Waals surface area contributed by atoms with Gasteiger partial charge in [0.2, 0.25) is 22.7 Å². The number of nitrogens with one attached hydrogen (secondary N) is 1. The fourth-order valence-corrected chi connectivity index (χ4v) is 3.85. The lowest BCUT2D eigenvalue weighted by atomic mass is 10.2. The molecule has 1 N–H and O–H groups in total. The maximum atomic E-state index is 13.2. The Morgan fingerprint density at radius 1 is 1.21 bits per heavy atom. The highest BCUT2D eigenvalue weighted by Crippen LogP contribution is 2.36. The molecule has 28 heavy (non-hydrogen) atoms. The Labute approximate surface area is 167 Å². The molecule has 0 radical (unpaired) electrons. The normalized spacial score (nSPS) is 12.7. The van der Waals surface area contributed by atoms with E-state index in [9.17, 15) is 17.6 Å². The summed E-state index contributed by atoms with van der Waals surface area (Å²) in [4.78, 5) is 12.1. The molecule has 0 atom stereocenters. The average molecular weight is 429 g/mol. The van der Waals surface area contributed by atoms with Crippen LogP contribution in [0.5, 0.6) is 11.5 Å². The third-order valence-electron chi connectivity index (χ3n) is 4.01. The van der Waals surface area contributed by atoms with Crippen LogP contribution in [0, 0.1) is 5.82 Å². The predicted molar refractivity (Wildman–Crippen MR) is 104 cm³/mol. The number of rotatable bonds is 7. The summed E-state index contributed by atoms with van der Waals surface area (Å²) in [6.07, 6.45) is 1.45. The Balaban J connectivity index is 1.61. The van der Waals surface area contributed by atoms with Crippen LogP contribution >= 0.6 is 11.6 Å². The molecule has 1 heterocycles. The third-order valence-corrected chi connectivity index (χ3v) is 5.50. The lowest BCUT2D eigenvalue weighted by Crippen LogP contribution is -2.31. The number of hydrogen-bond acceptors (Lipinski definition) is 5. The Morgan fingerprint density at radius 2 is 1.96 bits per heavy atom. The maximum Gasteiger partial charge on any atom is 0.232 e. The van der Waals surface area contributed by atoms with E-state index >= 15 is 0 Å². The minimum atomic E-state index is -3.56. The summed E-state index contributed by atoms with van der Waals surface area (Å²) in [6, 6.07) is 8.71. The van der Waals surface area contributed by atoms with E-state index in [2.05, 4.69) is 5.32 Å². The van der Waals surface area contributed by atoms with E-state index in [0.29, 0.717) is 22.9 Å². The number of anilines is 2. The van der Waals surface area contributed by atoms with Crippen molar-refractivity contribution in [3.8, 4) is 11.5 Å². The first kappa shape index (κ1) is 20.2. The van der Waals surface area contributed by atoms with Crippen LogP contribution in [0.15, 0.2) is 36.4 Å². The first-order valence-corrected chi connectivity index (χ1v) is 10.6. The van der Waals surface area contributed by atoms with Crippen molar-refractivity contribution in [1.82, 2.24) is 0 Å². The van der Waals surface area contributed by atoms with Gasteiger partial charge in [0.25, 0.3) is 0 Å². The molecule has 150 valence electrons. The van der Waals surface area contributed by atoms with Crippen LogP contribution < -0.4 is 19.1 Å². The number of hydrogen-bond donors (Lipinski definition) is 1. The lowest BCUT2D eigenvalue weighted by molar-refractivity contribution is -0.116. The molecule has 0 aromatic heterocycles. The van der Waals surface area contributed by atoms with Crippen molar-refractivity contribution >= 4 is 38.9 Å². The standard InChI is InChI=1S/C18H18ClFN2O5S/c1-28(24,25)22(13-5-7-16-17(10-13)27-11-26-16)8-2-3-18(23)21-12-4-6-15(20)14(19)9-12/h4-7,9-10H,2-3,8,11H2,1H3,(H,21,23). The van der Waals surface area contributed by atoms with Crippen LogP contribution in [0.1, 0.15) is 12.8 Å². The number of benzene rings is 2. The molecule has 0 bridgehead atoms. The van der Waals surface area contributed by atoms with Crippen molar-refractivity contribution in [2.24, 2.45) is 0 Å². The van der Waals surface area contributed by atoms with Crippen LogP contribution in [-0.2, 0) is 14.8 Å². The number of ether oxygens (including phenoxy) is 2. The number of sulfonamides is 1. The van der Waals surface area contributed by atoms with Crippen molar-refractivity contribution in [3.05, 3.63) is 47.2 Å². The Hall–Kier alpha value is -2.52. The average Bonchev–Trinajstić information content (AvgIpc) is 3.08. The van der Waals surface area contributed by atoms with E-state index in [1.807, 2.05) is 0 Å². The Morgan fingerprint density at radius 3 is 2.68 bits per heavy atom. The molecule has 7 nitrogen and oxygen atoms in total. The molecule has 3 rings (SSSR count). The fourth-order valence-electron chi connectivity index (χ4n) is 2.71. The number of carbonyl (C=O) groups is 1. The predicted octanol–water partition coefficient (Wildman–Crippen LogP) is 3.39. The van der Waals surface area contributed by atoms with Gasteiger partial charge in [0.1, 0.15) is 5.82 Å². The third kappa shape index (κ3) is 4.85. The van der Waals surface area contributed by atoms with Crippen LogP contribution in [0.2, 0.25) is 5.02 Å². The van der Waals surface area contributed by atoms with E-state index in [0.717, 1.165) is 12.3 Å². The largest absolute Gasteiger partial charge is 0.454 e. The van der Waals surface area contributed by atoms with Crippen molar-refractivity contribution < 1.29 is 27.1 Å². The Bertz CT molecular complexity index is 999. The molecular weight excluding hydrogens is 411 g/mol. The molecule has 1 aliphatic rings. The zero-order chi connectivity index (χ0) is 20.3. The second kappa shape index (κ2) is 8.24. The number of carbonyl (C=O) groups excluding carboxylic acids is 1. The molecule has 2 aromatic rings. The fraction of sp³-hybridized carbons (Fsp3) is 0.278. The van der Waals surface area contributed by atoms with Crippen molar-refractivity contribution in [2.75, 3.05) is 29.2 Å². The minimum absolute atomic E-state index is 0.0750. The smallest absolute Gasteiger partial charge is 0.232 e. The minimum Gasteiger partial charge on any atom is -0.454 e. The molecule has 0 spiro atoms. The topological polar surface area (TPSA) is 84.9 Å². The lowest BCUT2D eigenvalue weighted by Gasteiger charge is -2.22. The summed E-state index contributed by atoms with van der Waals surface area (Å²) in [5.41, 5.74) is 0.796. The summed E-state index contributed by atoms with van der Waals surface area (Å²) < 4.78 is 49.2. The highest BCUT2D eigenvalue weighted by Gasteiger charge is 2.21. The van der Waals surface area contributed by atoms with Crippen molar-refractivity contribution in [2.45, 2.75) is 12.8 Å². The highest BCUT2D eigenvalue weighted by atomic mass is 35.5. The molecule has 0 saturated heterocycles. The van der Waals surface area contributed by atoms with Gasteiger partial charge >= 0.3 is 0 Å². The zero-order valence-electron chi connectivity index (χ0n) is 14.9. The maximum absolute atomic E-state index is 13.2. The van der Waals surface area contributed by atoms with Gasteiger partial charge in [0.05, 0.1) is 17.0 Å². The summed E-state index contributed by atoms with van der Waals surface area (Å²) in [5, 5.41) is 2.51. The van der Waals surface area contributed by atoms with Gasteiger partial charge in [0, 0.05) is 24.7 Å². The molecular formula is C18H18ClFN2O5S. The van der Waals surface area contributed by atoms with E-state index in [1.165, 1.54) is 16.4 Å². The van der Waals surface area contributed by atoms with Gasteiger partial charge in [-0.3, -0.25) is 9.10 Å². The second-order valence-electron chi connectivity index (χ2n) is 6.15. The molecule has 1 amide bonds. The quantitative estimate of drug-likeness (QED) is 0.730. The monoisotopic (exact) mass is 428 g/mol. The van der Waals surface area contributed by atoms with Crippen molar-refractivity contribution in [3.63, 3.8) is 0 Å². The number of fused-ring (bicyclic) bond motifs is 1. The van der Waals surface area contributed by atoms with E-state index in [-0.39, 0.29) is 37.1 Å². The van der Waals surface area contributed by atoms with E-state index in [1.54, 1.807) is 18.2 Å². The van der Waals surface area contributed by atoms with Crippen LogP contribution in [-0.4, -0.2) is 33.9 Å². The second-order valence-corrected chi connectivity index (χ2v) is 8.47. The summed E-state index contributed by atoms with van der Waals surface area (Å²) in [7, 11) is -3.56. The summed E-state index contributed by atoms with van der Waals surface area (Å²) in [5.74, 6) is 0.112. The van der Waals surface area contributed by atoms with Gasteiger partial charge in [-0.2, -0.15) is 0 Å². The van der Waals surface area contributed by atoms with Crippen LogP contribution in [0.4, 0.5) is 15.8 Å². The van der Waals surface area contributed by atoms with Crippen molar-refractivity contribution in [1.29, 1.82) is 0 Å². The number of amides is 1. The molecule has 1 aliphatic heterocycles. The Kier molecular flexibility index (Phi) is 5.95. The van der Waals surface area contributed by atoms with E-state index in [4.69, 9.17) is 21.1 Å². The van der Waals surface area contributed by atoms with E-state index < -0.39 is 15.8 Å². The SMILES string of the molecule is CS(=O)(=O)N(CCCC(=O)Nc1ccc(F)c(Cl)c1)c1ccc2c(c1)OCO2. The summed E-state index contributed by atoms with van der Waals surface area (Å²) in [6.45, 7) is 0.196. The van der Waals surface area contributed by atoms with Gasteiger partial charge in [-0.1, -0.05) is 11.6 Å². The molecule has 0 aliphatic carbocycles. The van der Waals surface area contributed by atoms with Crippen LogP contribution in [0.25, 0.3) is 0 Å². The highest BCUT2D eigenvalue weighted by molar-refractivity contribution is 7.92. The number of nitrogens with zero attached hydrogens (tertiary/aromatic N) is 1. The van der Waals surface area contributed by atoms with Gasteiger partial charge in [-0.15, -0.1) is 0 Å². The number of halogens is 2. The first-order chi connectivity index (χ1) is 13.2. The zero-order valence-corrected chi connectivity index (χ0v) is 16.5. The molecule has 0 fully saturated rings. The van der Waals surface area contributed by atoms with Crippen LogP contribution in [0.3, 0.4) is 0 Å². The molecule has 0 unspecified atom stereocenters. The molecule has 0 saturated carbocycles. The van der Waals surface area contributed by atoms with Gasteiger partial charge in [-0.25, -0.2) is 12.8 Å². The molecule has 2 aromatic carbocycles.